The van der Waals surface area contributed by atoms with E-state index in [9.17, 15) is 13.2 Å². The van der Waals surface area contributed by atoms with E-state index in [1.807, 2.05) is 0 Å². The van der Waals surface area contributed by atoms with Crippen molar-refractivity contribution in [2.45, 2.75) is 58.7 Å². The normalized spacial score (nSPS) is 15.0. The second kappa shape index (κ2) is 7.21. The molecule has 5 heteroatoms. The summed E-state index contributed by atoms with van der Waals surface area (Å²) in [6.07, 6.45) is -2.03. The van der Waals surface area contributed by atoms with Crippen LogP contribution in [-0.2, 0) is 0 Å². The van der Waals surface area contributed by atoms with E-state index >= 15 is 0 Å². The summed E-state index contributed by atoms with van der Waals surface area (Å²) < 4.78 is 36.2. The second-order valence-electron chi connectivity index (χ2n) is 5.48. The first-order valence-electron chi connectivity index (χ1n) is 6.16. The Hall–Kier alpha value is -0.290. The Morgan fingerprint density at radius 2 is 1.76 bits per heavy atom. The maximum Gasteiger partial charge on any atom is 0.390 e. The molecule has 0 saturated carbocycles. The smallest absolute Gasteiger partial charge is 0.330 e. The quantitative estimate of drug-likeness (QED) is 0.653. The van der Waals surface area contributed by atoms with E-state index < -0.39 is 18.6 Å². The number of alkyl halides is 3. The van der Waals surface area contributed by atoms with Crippen molar-refractivity contribution >= 4 is 0 Å². The molecule has 0 aliphatic heterocycles. The number of nitrogens with two attached hydrogens (primary N) is 1. The molecule has 2 nitrogen and oxygen atoms in total. The highest BCUT2D eigenvalue weighted by atomic mass is 19.4. The van der Waals surface area contributed by atoms with Crippen molar-refractivity contribution < 1.29 is 13.2 Å². The lowest BCUT2D eigenvalue weighted by atomic mass is 9.84. The Morgan fingerprint density at radius 3 is 2.24 bits per heavy atom. The van der Waals surface area contributed by atoms with Gasteiger partial charge in [0, 0.05) is 6.04 Å². The van der Waals surface area contributed by atoms with Crippen LogP contribution in [0.5, 0.6) is 0 Å². The molecule has 1 atom stereocenters. The molecule has 0 aliphatic rings. The third kappa shape index (κ3) is 10.6. The van der Waals surface area contributed by atoms with Crippen LogP contribution in [0.4, 0.5) is 13.2 Å². The zero-order valence-corrected chi connectivity index (χ0v) is 11.0. The topological polar surface area (TPSA) is 38.0 Å². The fraction of sp³-hybridized carbons (Fsp3) is 1.00. The van der Waals surface area contributed by atoms with Crippen molar-refractivity contribution in [1.29, 1.82) is 0 Å². The summed E-state index contributed by atoms with van der Waals surface area (Å²) in [5.41, 5.74) is 5.68. The Balaban J connectivity index is 3.64. The lowest BCUT2D eigenvalue weighted by Crippen LogP contribution is -2.32. The fourth-order valence-electron chi connectivity index (χ4n) is 1.85. The van der Waals surface area contributed by atoms with Crippen LogP contribution in [0.25, 0.3) is 0 Å². The second-order valence-corrected chi connectivity index (χ2v) is 5.48. The third-order valence-corrected chi connectivity index (χ3v) is 2.88. The number of rotatable bonds is 8. The molecule has 0 radical (unpaired) electrons. The predicted octanol–water partition coefficient (Wildman–Crippen LogP) is 3.07. The molecule has 0 fully saturated rings. The van der Waals surface area contributed by atoms with Crippen LogP contribution < -0.4 is 11.1 Å². The van der Waals surface area contributed by atoms with E-state index in [0.29, 0.717) is 13.1 Å². The first kappa shape index (κ1) is 16.7. The van der Waals surface area contributed by atoms with Crippen LogP contribution in [-0.4, -0.2) is 25.3 Å². The van der Waals surface area contributed by atoms with Gasteiger partial charge in [-0.25, -0.2) is 0 Å². The molecular formula is C12H25F3N2. The Morgan fingerprint density at radius 1 is 1.18 bits per heavy atom. The molecule has 0 spiro atoms. The van der Waals surface area contributed by atoms with Crippen molar-refractivity contribution in [2.24, 2.45) is 11.1 Å². The Bertz CT molecular complexity index is 202. The maximum absolute atomic E-state index is 12.1. The molecule has 0 aliphatic carbocycles. The van der Waals surface area contributed by atoms with Crippen molar-refractivity contribution in [2.75, 3.05) is 13.1 Å². The zero-order valence-electron chi connectivity index (χ0n) is 11.0. The molecule has 0 amide bonds. The van der Waals surface area contributed by atoms with Gasteiger partial charge >= 0.3 is 6.18 Å². The summed E-state index contributed by atoms with van der Waals surface area (Å²) in [5, 5.41) is 2.90. The van der Waals surface area contributed by atoms with Gasteiger partial charge in [-0.1, -0.05) is 13.8 Å². The molecule has 104 valence electrons. The van der Waals surface area contributed by atoms with E-state index in [1.54, 1.807) is 6.92 Å². The predicted molar refractivity (Wildman–Crippen MR) is 64.8 cm³/mol. The minimum Gasteiger partial charge on any atom is -0.330 e. The average Bonchev–Trinajstić information content (AvgIpc) is 2.09. The molecule has 0 aromatic carbocycles. The number of hydrogen-bond acceptors (Lipinski definition) is 2. The van der Waals surface area contributed by atoms with E-state index in [-0.39, 0.29) is 5.41 Å². The maximum atomic E-state index is 12.1. The molecule has 0 saturated heterocycles. The van der Waals surface area contributed by atoms with Crippen molar-refractivity contribution in [3.63, 3.8) is 0 Å². The molecule has 17 heavy (non-hydrogen) atoms. The summed E-state index contributed by atoms with van der Waals surface area (Å²) in [4.78, 5) is 0. The molecule has 0 bridgehead atoms. The van der Waals surface area contributed by atoms with Gasteiger partial charge in [-0.2, -0.15) is 13.2 Å². The fourth-order valence-corrected chi connectivity index (χ4v) is 1.85. The highest BCUT2D eigenvalue weighted by Gasteiger charge is 2.29. The highest BCUT2D eigenvalue weighted by molar-refractivity contribution is 4.71. The highest BCUT2D eigenvalue weighted by Crippen LogP contribution is 2.25. The van der Waals surface area contributed by atoms with E-state index in [0.717, 1.165) is 19.3 Å². The third-order valence-electron chi connectivity index (χ3n) is 2.88. The Kier molecular flexibility index (Phi) is 7.09. The van der Waals surface area contributed by atoms with Crippen molar-refractivity contribution in [1.82, 2.24) is 5.32 Å². The van der Waals surface area contributed by atoms with Crippen LogP contribution in [0.3, 0.4) is 0 Å². The summed E-state index contributed by atoms with van der Waals surface area (Å²) in [6, 6.07) is -0.507. The van der Waals surface area contributed by atoms with Crippen LogP contribution >= 0.6 is 0 Å². The van der Waals surface area contributed by atoms with Crippen LogP contribution in [0.2, 0.25) is 0 Å². The molecule has 0 heterocycles. The van der Waals surface area contributed by atoms with Gasteiger partial charge in [0.1, 0.15) is 0 Å². The summed E-state index contributed by atoms with van der Waals surface area (Å²) in [7, 11) is 0. The van der Waals surface area contributed by atoms with Gasteiger partial charge in [-0.05, 0) is 44.7 Å². The van der Waals surface area contributed by atoms with Crippen LogP contribution in [0, 0.1) is 5.41 Å². The van der Waals surface area contributed by atoms with Crippen LogP contribution in [0.1, 0.15) is 46.5 Å². The standard InChI is InChI=1S/C12H25F3N2/c1-10(9-12(13,14)15)17-8-4-5-11(2,3)6-7-16/h10,17H,4-9,16H2,1-3H3. The minimum atomic E-state index is -4.08. The minimum absolute atomic E-state index is 0.184. The van der Waals surface area contributed by atoms with Gasteiger partial charge in [-0.3, -0.25) is 0 Å². The Labute approximate surface area is 102 Å². The SMILES string of the molecule is CC(CC(F)(F)F)NCCCC(C)(C)CCN. The first-order valence-corrected chi connectivity index (χ1v) is 6.16. The summed E-state index contributed by atoms with van der Waals surface area (Å²) in [5.74, 6) is 0. The number of nitrogens with one attached hydrogen (secondary N) is 1. The first-order chi connectivity index (χ1) is 7.66. The lowest BCUT2D eigenvalue weighted by molar-refractivity contribution is -0.139. The lowest BCUT2D eigenvalue weighted by Gasteiger charge is -2.24. The molecular weight excluding hydrogens is 229 g/mol. The zero-order chi connectivity index (χ0) is 13.5. The molecule has 1 unspecified atom stereocenters. The van der Waals surface area contributed by atoms with Crippen LogP contribution in [0.15, 0.2) is 0 Å². The van der Waals surface area contributed by atoms with E-state index in [4.69, 9.17) is 5.73 Å². The van der Waals surface area contributed by atoms with Crippen molar-refractivity contribution in [3.8, 4) is 0 Å². The van der Waals surface area contributed by atoms with Crippen molar-refractivity contribution in [3.05, 3.63) is 0 Å². The summed E-state index contributed by atoms with van der Waals surface area (Å²) >= 11 is 0. The van der Waals surface area contributed by atoms with Gasteiger partial charge in [0.25, 0.3) is 0 Å². The van der Waals surface area contributed by atoms with Gasteiger partial charge in [-0.15, -0.1) is 0 Å². The van der Waals surface area contributed by atoms with Gasteiger partial charge < -0.3 is 11.1 Å². The number of halogens is 3. The average molecular weight is 254 g/mol. The molecule has 3 N–H and O–H groups in total. The summed E-state index contributed by atoms with van der Waals surface area (Å²) in [6.45, 7) is 7.13. The monoisotopic (exact) mass is 254 g/mol. The largest absolute Gasteiger partial charge is 0.390 e. The molecule has 0 aromatic rings. The van der Waals surface area contributed by atoms with Gasteiger partial charge in [0.15, 0.2) is 0 Å². The van der Waals surface area contributed by atoms with Gasteiger partial charge in [0.2, 0.25) is 0 Å². The molecule has 0 aromatic heterocycles. The molecule has 0 rings (SSSR count). The van der Waals surface area contributed by atoms with E-state index in [2.05, 4.69) is 19.2 Å². The van der Waals surface area contributed by atoms with Gasteiger partial charge in [0.05, 0.1) is 6.42 Å². The number of hydrogen-bond donors (Lipinski definition) is 2. The van der Waals surface area contributed by atoms with E-state index in [1.165, 1.54) is 0 Å².